The van der Waals surface area contributed by atoms with E-state index >= 15 is 0 Å². The molecule has 0 aliphatic carbocycles. The number of carbonyl (C=O) groups is 1. The number of nitrogens with zero attached hydrogens (tertiary/aromatic N) is 2. The van der Waals surface area contributed by atoms with Gasteiger partial charge in [-0.1, -0.05) is 66.4 Å². The normalized spacial score (nSPS) is 19.1. The molecule has 0 fully saturated rings. The monoisotopic (exact) mass is 442 g/mol. The molecule has 0 spiro atoms. The van der Waals surface area contributed by atoms with Gasteiger partial charge in [0, 0.05) is 17.0 Å². The molecule has 7 heteroatoms. The fraction of sp³-hybridized carbons (Fsp3) is 0.120. The Morgan fingerprint density at radius 3 is 2.66 bits per heavy atom. The van der Waals surface area contributed by atoms with Gasteiger partial charge in [-0.2, -0.15) is 0 Å². The SMILES string of the molecule is C=CCSC1=NN2[C@H](C(=O)N1)c1ccccc1N[C@H]2c1cccc(Oc2ccccc2)c1. The first-order chi connectivity index (χ1) is 15.7. The lowest BCUT2D eigenvalue weighted by molar-refractivity contribution is -0.127. The zero-order chi connectivity index (χ0) is 21.9. The molecular formula is C25H22N4O2S. The van der Waals surface area contributed by atoms with Gasteiger partial charge in [-0.15, -0.1) is 11.7 Å². The number of ether oxygens (including phenoxy) is 1. The Labute approximate surface area is 191 Å². The number of amides is 1. The fourth-order valence-corrected chi connectivity index (χ4v) is 4.46. The van der Waals surface area contributed by atoms with E-state index in [0.717, 1.165) is 28.3 Å². The van der Waals surface area contributed by atoms with E-state index in [1.807, 2.05) is 83.9 Å². The molecule has 2 aliphatic rings. The lowest BCUT2D eigenvalue weighted by Crippen LogP contribution is -2.50. The Balaban J connectivity index is 1.53. The van der Waals surface area contributed by atoms with Gasteiger partial charge in [-0.05, 0) is 35.9 Å². The van der Waals surface area contributed by atoms with E-state index in [0.29, 0.717) is 10.9 Å². The summed E-state index contributed by atoms with van der Waals surface area (Å²) in [6.07, 6.45) is 1.46. The number of fused-ring (bicyclic) bond motifs is 3. The first-order valence-electron chi connectivity index (χ1n) is 10.3. The van der Waals surface area contributed by atoms with Gasteiger partial charge in [-0.3, -0.25) is 9.80 Å². The first-order valence-corrected chi connectivity index (χ1v) is 11.3. The van der Waals surface area contributed by atoms with Crippen LogP contribution < -0.4 is 15.4 Å². The maximum atomic E-state index is 13.1. The molecule has 2 heterocycles. The molecule has 160 valence electrons. The molecule has 32 heavy (non-hydrogen) atoms. The Bertz CT molecular complexity index is 1180. The largest absolute Gasteiger partial charge is 0.457 e. The Morgan fingerprint density at radius 1 is 1.03 bits per heavy atom. The number of hydrogen-bond donors (Lipinski definition) is 2. The minimum atomic E-state index is -0.524. The number of para-hydroxylation sites is 2. The van der Waals surface area contributed by atoms with E-state index in [4.69, 9.17) is 9.84 Å². The summed E-state index contributed by atoms with van der Waals surface area (Å²) in [5.74, 6) is 2.05. The Hall–Kier alpha value is -3.71. The number of thioether (sulfide) groups is 1. The molecule has 2 N–H and O–H groups in total. The standard InChI is InChI=1S/C25H22N4O2S/c1-2-15-32-25-27-24(30)22-20-13-6-7-14-21(20)26-23(29(22)28-25)17-9-8-12-19(16-17)31-18-10-4-3-5-11-18/h2-14,16,22-23,26H,1,15H2,(H,27,28,30)/t22-,23+/m0/s1. The van der Waals surface area contributed by atoms with Crippen LogP contribution >= 0.6 is 11.8 Å². The molecule has 6 nitrogen and oxygen atoms in total. The molecule has 0 saturated heterocycles. The van der Waals surface area contributed by atoms with Gasteiger partial charge in [0.15, 0.2) is 11.2 Å². The predicted molar refractivity (Wildman–Crippen MR) is 129 cm³/mol. The van der Waals surface area contributed by atoms with Gasteiger partial charge < -0.3 is 15.4 Å². The number of hydrazone groups is 1. The summed E-state index contributed by atoms with van der Waals surface area (Å²) in [7, 11) is 0. The molecule has 1 amide bonds. The highest BCUT2D eigenvalue weighted by atomic mass is 32.2. The van der Waals surface area contributed by atoms with Gasteiger partial charge in [0.25, 0.3) is 5.91 Å². The second kappa shape index (κ2) is 8.80. The van der Waals surface area contributed by atoms with E-state index < -0.39 is 6.04 Å². The molecule has 2 aliphatic heterocycles. The second-order valence-corrected chi connectivity index (χ2v) is 8.41. The van der Waals surface area contributed by atoms with Crippen LogP contribution in [0.1, 0.15) is 23.3 Å². The first kappa shape index (κ1) is 20.2. The van der Waals surface area contributed by atoms with E-state index in [9.17, 15) is 4.79 Å². The maximum Gasteiger partial charge on any atom is 0.255 e. The van der Waals surface area contributed by atoms with Crippen LogP contribution in [-0.4, -0.2) is 21.8 Å². The van der Waals surface area contributed by atoms with Gasteiger partial charge in [0.05, 0.1) is 0 Å². The smallest absolute Gasteiger partial charge is 0.255 e. The minimum absolute atomic E-state index is 0.0952. The van der Waals surface area contributed by atoms with Gasteiger partial charge >= 0.3 is 0 Å². The van der Waals surface area contributed by atoms with E-state index in [1.54, 1.807) is 6.08 Å². The zero-order valence-electron chi connectivity index (χ0n) is 17.3. The molecule has 0 unspecified atom stereocenters. The Morgan fingerprint density at radius 2 is 1.81 bits per heavy atom. The predicted octanol–water partition coefficient (Wildman–Crippen LogP) is 5.27. The van der Waals surface area contributed by atoms with Crippen LogP contribution in [0.3, 0.4) is 0 Å². The summed E-state index contributed by atoms with van der Waals surface area (Å²) in [5, 5.41) is 13.7. The average Bonchev–Trinajstić information content (AvgIpc) is 2.83. The molecule has 5 rings (SSSR count). The topological polar surface area (TPSA) is 66.0 Å². The van der Waals surface area contributed by atoms with Crippen LogP contribution in [0.15, 0.2) is 96.6 Å². The summed E-state index contributed by atoms with van der Waals surface area (Å²) in [6, 6.07) is 24.8. The highest BCUT2D eigenvalue weighted by Crippen LogP contribution is 2.43. The van der Waals surface area contributed by atoms with Crippen molar-refractivity contribution in [1.29, 1.82) is 0 Å². The van der Waals surface area contributed by atoms with Gasteiger partial charge in [0.2, 0.25) is 0 Å². The van der Waals surface area contributed by atoms with Crippen molar-refractivity contribution in [3.05, 3.63) is 103 Å². The van der Waals surface area contributed by atoms with Crippen molar-refractivity contribution in [2.24, 2.45) is 5.10 Å². The summed E-state index contributed by atoms with van der Waals surface area (Å²) in [5.41, 5.74) is 2.76. The summed E-state index contributed by atoms with van der Waals surface area (Å²) >= 11 is 1.45. The number of rotatable bonds is 5. The summed E-state index contributed by atoms with van der Waals surface area (Å²) in [4.78, 5) is 13.1. The van der Waals surface area contributed by atoms with E-state index in [2.05, 4.69) is 17.2 Å². The van der Waals surface area contributed by atoms with Crippen molar-refractivity contribution < 1.29 is 9.53 Å². The Kier molecular flexibility index (Phi) is 5.56. The number of amidine groups is 1. The van der Waals surface area contributed by atoms with Crippen LogP contribution in [0.5, 0.6) is 11.5 Å². The van der Waals surface area contributed by atoms with Crippen LogP contribution in [0.25, 0.3) is 0 Å². The summed E-state index contributed by atoms with van der Waals surface area (Å²) < 4.78 is 6.03. The van der Waals surface area contributed by atoms with Crippen LogP contribution in [0, 0.1) is 0 Å². The number of nitrogens with one attached hydrogen (secondary N) is 2. The van der Waals surface area contributed by atoms with Crippen molar-refractivity contribution in [1.82, 2.24) is 10.3 Å². The third-order valence-electron chi connectivity index (χ3n) is 5.25. The van der Waals surface area contributed by atoms with Gasteiger partial charge in [0.1, 0.15) is 17.7 Å². The molecule has 3 aromatic rings. The molecule has 0 bridgehead atoms. The molecule has 2 atom stereocenters. The number of anilines is 1. The van der Waals surface area contributed by atoms with Crippen molar-refractivity contribution in [2.45, 2.75) is 12.2 Å². The zero-order valence-corrected chi connectivity index (χ0v) is 18.1. The van der Waals surface area contributed by atoms with E-state index in [1.165, 1.54) is 11.8 Å². The highest BCUT2D eigenvalue weighted by molar-refractivity contribution is 8.14. The lowest BCUT2D eigenvalue weighted by Gasteiger charge is -2.43. The van der Waals surface area contributed by atoms with Crippen LogP contribution in [-0.2, 0) is 4.79 Å². The molecular weight excluding hydrogens is 420 g/mol. The molecule has 0 aromatic heterocycles. The minimum Gasteiger partial charge on any atom is -0.457 e. The third-order valence-corrected chi connectivity index (χ3v) is 6.11. The van der Waals surface area contributed by atoms with Crippen molar-refractivity contribution in [2.75, 3.05) is 11.1 Å². The third kappa shape index (κ3) is 3.94. The molecule has 3 aromatic carbocycles. The fourth-order valence-electron chi connectivity index (χ4n) is 3.86. The van der Waals surface area contributed by atoms with Crippen molar-refractivity contribution in [3.8, 4) is 11.5 Å². The van der Waals surface area contributed by atoms with E-state index in [-0.39, 0.29) is 12.1 Å². The number of benzene rings is 3. The quantitative estimate of drug-likeness (QED) is 0.527. The van der Waals surface area contributed by atoms with Crippen molar-refractivity contribution in [3.63, 3.8) is 0 Å². The number of hydrogen-bond acceptors (Lipinski definition) is 6. The summed E-state index contributed by atoms with van der Waals surface area (Å²) in [6.45, 7) is 3.75. The molecule has 0 radical (unpaired) electrons. The van der Waals surface area contributed by atoms with Gasteiger partial charge in [-0.25, -0.2) is 0 Å². The number of carbonyl (C=O) groups excluding carboxylic acids is 1. The van der Waals surface area contributed by atoms with Crippen LogP contribution in [0.2, 0.25) is 0 Å². The maximum absolute atomic E-state index is 13.1. The van der Waals surface area contributed by atoms with Crippen LogP contribution in [0.4, 0.5) is 5.69 Å². The highest BCUT2D eigenvalue weighted by Gasteiger charge is 2.42. The molecule has 0 saturated carbocycles. The van der Waals surface area contributed by atoms with Crippen molar-refractivity contribution >= 4 is 28.5 Å². The second-order valence-electron chi connectivity index (χ2n) is 7.40. The lowest BCUT2D eigenvalue weighted by atomic mass is 9.97. The average molecular weight is 443 g/mol.